The summed E-state index contributed by atoms with van der Waals surface area (Å²) in [7, 11) is 0. The third-order valence-corrected chi connectivity index (χ3v) is 26.4. The number of phenols is 2. The van der Waals surface area contributed by atoms with Gasteiger partial charge in [-0.25, -0.2) is 4.99 Å². The lowest BCUT2D eigenvalue weighted by Crippen LogP contribution is -2.66. The summed E-state index contributed by atoms with van der Waals surface area (Å²) < 4.78 is 14.9. The minimum atomic E-state index is -0.981. The molecular weight excluding hydrogens is 1090 g/mol. The monoisotopic (exact) mass is 1190 g/mol. The Bertz CT molecular complexity index is 3550. The van der Waals surface area contributed by atoms with Crippen LogP contribution in [0.2, 0.25) is 0 Å². The molecule has 464 valence electrons. The number of allylic oxidation sites excluding steroid dienone is 5. The summed E-state index contributed by atoms with van der Waals surface area (Å²) in [5.74, 6) is 7.36. The molecule has 14 unspecified atom stereocenters. The number of hydrogen-bond acceptors (Lipinski definition) is 11. The number of phenolic OH excluding ortho intramolecular Hbond substituents is 2. The van der Waals surface area contributed by atoms with E-state index in [4.69, 9.17) is 20.2 Å². The van der Waals surface area contributed by atoms with E-state index < -0.39 is 45.1 Å². The highest BCUT2D eigenvalue weighted by Crippen LogP contribution is 2.77. The van der Waals surface area contributed by atoms with Crippen LogP contribution in [0.4, 0.5) is 0 Å². The number of carbonyl (C=O) groups is 1. The number of Topliss-reactive ketones (excluding diaryl/α,β-unsaturated/α-hetero) is 1. The van der Waals surface area contributed by atoms with Crippen molar-refractivity contribution in [2.24, 2.45) is 67.9 Å². The second-order valence-electron chi connectivity index (χ2n) is 31.0. The van der Waals surface area contributed by atoms with E-state index in [1.807, 2.05) is 12.1 Å². The van der Waals surface area contributed by atoms with Crippen LogP contribution in [0.15, 0.2) is 101 Å². The Kier molecular flexibility index (Phi) is 14.0. The number of aliphatic hydroxyl groups is 3. The summed E-state index contributed by atoms with van der Waals surface area (Å²) in [6, 6.07) is 17.0. The van der Waals surface area contributed by atoms with Gasteiger partial charge in [-0.2, -0.15) is 0 Å². The van der Waals surface area contributed by atoms with Gasteiger partial charge in [0.25, 0.3) is 0 Å². The number of aliphatic imine (C=N–C) groups is 1. The fourth-order valence-electron chi connectivity index (χ4n) is 23.1. The van der Waals surface area contributed by atoms with Crippen LogP contribution in [0, 0.1) is 69.0 Å². The summed E-state index contributed by atoms with van der Waals surface area (Å²) in [5, 5.41) is 67.2. The van der Waals surface area contributed by atoms with Crippen molar-refractivity contribution < 1.29 is 39.8 Å². The number of nitrogens with one attached hydrogen (secondary N) is 1. The maximum Gasteiger partial charge on any atom is 0.189 e. The molecule has 3 spiro atoms. The van der Waals surface area contributed by atoms with E-state index >= 15 is 4.79 Å². The van der Waals surface area contributed by atoms with E-state index in [1.165, 1.54) is 24.0 Å². The van der Waals surface area contributed by atoms with E-state index in [9.17, 15) is 25.5 Å². The first-order valence-corrected chi connectivity index (χ1v) is 34.7. The number of ketones is 1. The number of aromatic hydroxyl groups is 2. The summed E-state index contributed by atoms with van der Waals surface area (Å²) in [6.07, 6.45) is 32.9. The van der Waals surface area contributed by atoms with Crippen LogP contribution in [0.25, 0.3) is 0 Å². The smallest absolute Gasteiger partial charge is 0.189 e. The second-order valence-corrected chi connectivity index (χ2v) is 31.0. The molecule has 14 atom stereocenters. The number of rotatable bonds is 5. The number of ether oxygens (including phenoxy) is 2. The first kappa shape index (κ1) is 57.5. The van der Waals surface area contributed by atoms with Gasteiger partial charge in [0.1, 0.15) is 5.75 Å². The van der Waals surface area contributed by atoms with Gasteiger partial charge in [-0.15, -0.1) is 0 Å². The molecule has 16 rings (SSSR count). The van der Waals surface area contributed by atoms with Crippen LogP contribution >= 0.6 is 0 Å². The lowest BCUT2D eigenvalue weighted by Gasteiger charge is -2.70. The summed E-state index contributed by atoms with van der Waals surface area (Å²) in [5.41, 5.74) is 13.6. The molecule has 11 nitrogen and oxygen atoms in total. The van der Waals surface area contributed by atoms with Crippen molar-refractivity contribution in [2.75, 3.05) is 26.4 Å². The number of fused-ring (bicyclic) bond motifs is 12. The molecule has 0 aromatic heterocycles. The SMILES string of the molecule is CC1CC23C=CC4CC5CC6(CO)C=CCCC6C(CO)=C5C(=O)CC4c4cc(OC5CCCC5)c(O)c5c4C#CCC(CC4(CO)C=C2C2(C1)CC1C(OCCC16CCCC6)C4C52)N=C(N)NC1(CCCCC1)c1cccc(c1)Cc1cc(O)cc3c1. The highest BCUT2D eigenvalue weighted by atomic mass is 16.5. The molecule has 13 aliphatic rings. The number of nitrogens with two attached hydrogens (primary N) is 1. The zero-order chi connectivity index (χ0) is 60.0. The summed E-state index contributed by atoms with van der Waals surface area (Å²) in [4.78, 5) is 21.7. The van der Waals surface area contributed by atoms with Crippen molar-refractivity contribution in [3.8, 4) is 29.1 Å². The lowest BCUT2D eigenvalue weighted by atomic mass is 9.35. The summed E-state index contributed by atoms with van der Waals surface area (Å²) >= 11 is 0. The maximum atomic E-state index is 16.1. The van der Waals surface area contributed by atoms with Gasteiger partial charge in [-0.05, 0) is 208 Å². The van der Waals surface area contributed by atoms with Gasteiger partial charge in [-0.3, -0.25) is 4.79 Å². The maximum absolute atomic E-state index is 16.1. The quantitative estimate of drug-likeness (QED) is 0.0957. The zero-order valence-corrected chi connectivity index (χ0v) is 51.8. The minimum Gasteiger partial charge on any atom is -0.508 e. The Hall–Kier alpha value is -5.64. The number of carbonyl (C=O) groups excluding carboxylic acids is 1. The van der Waals surface area contributed by atoms with Crippen LogP contribution in [-0.2, 0) is 26.9 Å². The van der Waals surface area contributed by atoms with Gasteiger partial charge in [-0.1, -0.05) is 117 Å². The van der Waals surface area contributed by atoms with Crippen LogP contribution in [0.3, 0.4) is 0 Å². The van der Waals surface area contributed by atoms with Gasteiger partial charge < -0.3 is 46.1 Å². The van der Waals surface area contributed by atoms with Crippen molar-refractivity contribution in [1.82, 2.24) is 5.32 Å². The number of aliphatic hydroxyl groups excluding tert-OH is 3. The Morgan fingerprint density at radius 3 is 2.45 bits per heavy atom. The molecule has 11 aliphatic carbocycles. The molecule has 11 heteroatoms. The predicted octanol–water partition coefficient (Wildman–Crippen LogP) is 12.8. The van der Waals surface area contributed by atoms with Crippen molar-refractivity contribution in [3.63, 3.8) is 0 Å². The van der Waals surface area contributed by atoms with Crippen molar-refractivity contribution in [1.29, 1.82) is 0 Å². The molecule has 2 heterocycles. The lowest BCUT2D eigenvalue weighted by molar-refractivity contribution is -0.209. The topological polar surface area (TPSA) is 187 Å². The van der Waals surface area contributed by atoms with E-state index in [0.717, 1.165) is 154 Å². The standard InChI is InChI=1S/C77H93N3O8/c1-46-37-75-26-20-49-33-50-39-73(44-82)23-8-5-19-60(73)59(43-81)65(50)62(85)35-57(49)58-36-63(88-55-16-3-4-17-55)69(86)66-56(58)18-12-15-53(40-74(45-83)42-64(75)76(38-46)41-61-70(68(74)67(66)76)87-28-27-72(61)21-9-10-22-72)79-71(78)80-77(24-6-2-7-25-77)51-14-11-13-47(30-51)29-48-31-52(75)34-54(84)32-48/h8,11,13-14,20,23,26,30-32,34,36,42,46,49-50,53,55,57,60-61,67-68,70,81-84,86H,2-7,9-10,15-17,19,21-22,24-25,27-29,33,35,37-41,43-45H2,1H3,(H3,78,79,80). The molecular formula is C77H93N3O8. The first-order valence-electron chi connectivity index (χ1n) is 34.7. The Labute approximate surface area is 520 Å². The Morgan fingerprint density at radius 2 is 1.65 bits per heavy atom. The molecule has 3 aromatic rings. The number of guanidine groups is 1. The number of nitrogens with zero attached hydrogens (tertiary/aromatic N) is 1. The molecule has 8 N–H and O–H groups in total. The molecule has 2 aliphatic heterocycles. The van der Waals surface area contributed by atoms with Crippen LogP contribution in [0.5, 0.6) is 17.2 Å². The molecule has 0 radical (unpaired) electrons. The third kappa shape index (κ3) is 8.76. The first-order chi connectivity index (χ1) is 42.7. The highest BCUT2D eigenvalue weighted by Gasteiger charge is 2.72. The Morgan fingerprint density at radius 1 is 0.841 bits per heavy atom. The van der Waals surface area contributed by atoms with Crippen molar-refractivity contribution in [3.05, 3.63) is 135 Å². The van der Waals surface area contributed by atoms with E-state index in [-0.39, 0.29) is 96.7 Å². The zero-order valence-electron chi connectivity index (χ0n) is 51.8. The molecule has 14 bridgehead atoms. The number of benzene rings is 3. The van der Waals surface area contributed by atoms with E-state index in [2.05, 4.69) is 90.9 Å². The second kappa shape index (κ2) is 21.5. The van der Waals surface area contributed by atoms with Gasteiger partial charge in [0.05, 0.1) is 43.6 Å². The Balaban J connectivity index is 1.04. The summed E-state index contributed by atoms with van der Waals surface area (Å²) in [6.45, 7) is 2.57. The normalized spacial score (nSPS) is 38.2. The van der Waals surface area contributed by atoms with Crippen molar-refractivity contribution >= 4 is 11.7 Å². The van der Waals surface area contributed by atoms with Crippen molar-refractivity contribution in [2.45, 2.75) is 208 Å². The largest absolute Gasteiger partial charge is 0.508 e. The van der Waals surface area contributed by atoms with E-state index in [0.29, 0.717) is 50.4 Å². The highest BCUT2D eigenvalue weighted by molar-refractivity contribution is 5.98. The molecule has 0 amide bonds. The predicted molar refractivity (Wildman–Crippen MR) is 341 cm³/mol. The average molecular weight is 1190 g/mol. The van der Waals surface area contributed by atoms with Gasteiger partial charge in [0.15, 0.2) is 23.2 Å². The molecule has 7 fully saturated rings. The fraction of sp³-hybridized carbons (Fsp3) is 0.610. The fourth-order valence-corrected chi connectivity index (χ4v) is 23.1. The van der Waals surface area contributed by atoms with E-state index in [1.54, 1.807) is 0 Å². The minimum absolute atomic E-state index is 0.0358. The van der Waals surface area contributed by atoms with Crippen LogP contribution in [-0.4, -0.2) is 82.0 Å². The van der Waals surface area contributed by atoms with Gasteiger partial charge in [0.2, 0.25) is 0 Å². The molecule has 1 saturated heterocycles. The van der Waals surface area contributed by atoms with Crippen LogP contribution in [0.1, 0.15) is 212 Å². The van der Waals surface area contributed by atoms with Crippen LogP contribution < -0.4 is 15.8 Å². The third-order valence-electron chi connectivity index (χ3n) is 26.4. The van der Waals surface area contributed by atoms with Gasteiger partial charge in [0, 0.05) is 69.6 Å². The number of hydrogen-bond donors (Lipinski definition) is 7. The molecule has 3 aromatic carbocycles. The van der Waals surface area contributed by atoms with Gasteiger partial charge >= 0.3 is 0 Å². The average Bonchev–Trinajstić information content (AvgIpc) is 0.824. The molecule has 88 heavy (non-hydrogen) atoms. The molecule has 6 saturated carbocycles.